The van der Waals surface area contributed by atoms with Gasteiger partial charge in [-0.2, -0.15) is 0 Å². The van der Waals surface area contributed by atoms with E-state index in [0.717, 1.165) is 11.1 Å². The second-order valence-electron chi connectivity index (χ2n) is 7.41. The van der Waals surface area contributed by atoms with Gasteiger partial charge in [-0.3, -0.25) is 0 Å². The molecular formula is C22H24O7. The van der Waals surface area contributed by atoms with E-state index in [1.54, 1.807) is 21.3 Å². The summed E-state index contributed by atoms with van der Waals surface area (Å²) < 4.78 is 39.8. The SMILES string of the molecule is COc1ccc([C@H]2OC[C@H]3[C@@H]2CO[C@@H]3c2cc(OC)c3c(c2)OCO3)cc1OC. The lowest BCUT2D eigenvalue weighted by Crippen LogP contribution is -2.14. The van der Waals surface area contributed by atoms with Crippen LogP contribution in [-0.2, 0) is 9.47 Å². The lowest BCUT2D eigenvalue weighted by molar-refractivity contribution is 0.0191. The maximum atomic E-state index is 6.23. The lowest BCUT2D eigenvalue weighted by Gasteiger charge is -2.18. The van der Waals surface area contributed by atoms with Gasteiger partial charge in [0.25, 0.3) is 0 Å². The Bertz CT molecular complexity index is 912. The molecule has 7 nitrogen and oxygen atoms in total. The van der Waals surface area contributed by atoms with E-state index in [-0.39, 0.29) is 30.8 Å². The van der Waals surface area contributed by atoms with E-state index in [4.69, 9.17) is 33.2 Å². The van der Waals surface area contributed by atoms with Gasteiger partial charge in [-0.15, -0.1) is 0 Å². The monoisotopic (exact) mass is 400 g/mol. The second-order valence-corrected chi connectivity index (χ2v) is 7.41. The molecule has 3 aliphatic heterocycles. The van der Waals surface area contributed by atoms with Gasteiger partial charge in [-0.05, 0) is 35.4 Å². The summed E-state index contributed by atoms with van der Waals surface area (Å²) in [6.45, 7) is 1.47. The van der Waals surface area contributed by atoms with Crippen LogP contribution in [0.1, 0.15) is 23.3 Å². The van der Waals surface area contributed by atoms with Crippen molar-refractivity contribution in [2.24, 2.45) is 11.8 Å². The van der Waals surface area contributed by atoms with Crippen molar-refractivity contribution >= 4 is 0 Å². The van der Waals surface area contributed by atoms with Gasteiger partial charge < -0.3 is 33.2 Å². The molecule has 2 aromatic rings. The van der Waals surface area contributed by atoms with Gasteiger partial charge in [0, 0.05) is 11.8 Å². The minimum absolute atomic E-state index is 0.0410. The summed E-state index contributed by atoms with van der Waals surface area (Å²) in [7, 11) is 4.90. The molecule has 3 aliphatic rings. The van der Waals surface area contributed by atoms with Gasteiger partial charge in [0.1, 0.15) is 0 Å². The van der Waals surface area contributed by atoms with E-state index >= 15 is 0 Å². The van der Waals surface area contributed by atoms with Crippen LogP contribution < -0.4 is 23.7 Å². The molecule has 3 heterocycles. The fourth-order valence-corrected chi connectivity index (χ4v) is 4.58. The van der Waals surface area contributed by atoms with Crippen LogP contribution in [0.4, 0.5) is 0 Å². The van der Waals surface area contributed by atoms with E-state index in [9.17, 15) is 0 Å². The average molecular weight is 400 g/mol. The molecule has 7 heteroatoms. The van der Waals surface area contributed by atoms with Gasteiger partial charge >= 0.3 is 0 Å². The molecule has 0 aromatic heterocycles. The van der Waals surface area contributed by atoms with E-state index < -0.39 is 0 Å². The molecule has 2 aromatic carbocycles. The summed E-state index contributed by atoms with van der Waals surface area (Å²) in [5.41, 5.74) is 2.10. The largest absolute Gasteiger partial charge is 0.493 e. The summed E-state index contributed by atoms with van der Waals surface area (Å²) in [6, 6.07) is 9.90. The van der Waals surface area contributed by atoms with Crippen molar-refractivity contribution in [2.75, 3.05) is 41.3 Å². The number of rotatable bonds is 5. The van der Waals surface area contributed by atoms with Crippen LogP contribution >= 0.6 is 0 Å². The van der Waals surface area contributed by atoms with Gasteiger partial charge in [-0.1, -0.05) is 6.07 Å². The van der Waals surface area contributed by atoms with Crippen LogP contribution in [0.3, 0.4) is 0 Å². The first kappa shape index (κ1) is 18.4. The Hall–Kier alpha value is -2.64. The number of ether oxygens (including phenoxy) is 7. The molecule has 0 saturated carbocycles. The van der Waals surface area contributed by atoms with Crippen LogP contribution in [0, 0.1) is 11.8 Å². The molecule has 0 unspecified atom stereocenters. The standard InChI is InChI=1S/C22H24O7/c1-23-16-5-4-12(6-17(16)24-2)20-14-9-27-21(15(14)10-26-20)13-7-18(25-3)22-19(8-13)28-11-29-22/h4-8,14-15,20-21H,9-11H2,1-3H3/t14-,15-,20+,21+/m0/s1. The fourth-order valence-electron chi connectivity index (χ4n) is 4.58. The minimum Gasteiger partial charge on any atom is -0.493 e. The van der Waals surface area contributed by atoms with Crippen LogP contribution in [0.2, 0.25) is 0 Å². The highest BCUT2D eigenvalue weighted by Crippen LogP contribution is 2.53. The molecule has 0 amide bonds. The molecule has 0 spiro atoms. The van der Waals surface area contributed by atoms with Crippen molar-refractivity contribution < 1.29 is 33.2 Å². The van der Waals surface area contributed by atoms with Crippen LogP contribution in [0.5, 0.6) is 28.7 Å². The average Bonchev–Trinajstić information content (AvgIpc) is 3.48. The van der Waals surface area contributed by atoms with Crippen molar-refractivity contribution in [3.63, 3.8) is 0 Å². The summed E-state index contributed by atoms with van der Waals surface area (Å²) in [5, 5.41) is 0. The van der Waals surface area contributed by atoms with Gasteiger partial charge in [0.15, 0.2) is 23.0 Å². The molecule has 0 N–H and O–H groups in total. The van der Waals surface area contributed by atoms with Crippen molar-refractivity contribution in [3.8, 4) is 28.7 Å². The molecule has 154 valence electrons. The van der Waals surface area contributed by atoms with Crippen molar-refractivity contribution in [1.29, 1.82) is 0 Å². The van der Waals surface area contributed by atoms with Crippen molar-refractivity contribution in [3.05, 3.63) is 41.5 Å². The van der Waals surface area contributed by atoms with Gasteiger partial charge in [0.05, 0.1) is 46.8 Å². The summed E-state index contributed by atoms with van der Waals surface area (Å²) in [5.74, 6) is 3.93. The third-order valence-electron chi connectivity index (χ3n) is 6.01. The fraction of sp³-hybridized carbons (Fsp3) is 0.455. The minimum atomic E-state index is -0.0754. The zero-order chi connectivity index (χ0) is 20.0. The predicted molar refractivity (Wildman–Crippen MR) is 103 cm³/mol. The third-order valence-corrected chi connectivity index (χ3v) is 6.01. The Kier molecular flexibility index (Phi) is 4.64. The lowest BCUT2D eigenvalue weighted by atomic mass is 9.85. The van der Waals surface area contributed by atoms with Crippen LogP contribution in [-0.4, -0.2) is 41.3 Å². The number of fused-ring (bicyclic) bond motifs is 2. The number of hydrogen-bond acceptors (Lipinski definition) is 7. The quantitative estimate of drug-likeness (QED) is 0.761. The normalized spacial score (nSPS) is 27.0. The highest BCUT2D eigenvalue weighted by atomic mass is 16.7. The summed E-state index contributed by atoms with van der Waals surface area (Å²) in [6.07, 6.45) is -0.116. The second kappa shape index (κ2) is 7.31. The maximum absolute atomic E-state index is 6.23. The smallest absolute Gasteiger partial charge is 0.231 e. The van der Waals surface area contributed by atoms with E-state index in [1.165, 1.54) is 0 Å². The first-order valence-electron chi connectivity index (χ1n) is 9.66. The molecule has 29 heavy (non-hydrogen) atoms. The van der Waals surface area contributed by atoms with Crippen molar-refractivity contribution in [1.82, 2.24) is 0 Å². The molecule has 0 bridgehead atoms. The van der Waals surface area contributed by atoms with E-state index in [0.29, 0.717) is 42.0 Å². The Balaban J connectivity index is 1.41. The molecule has 4 atom stereocenters. The molecule has 0 aliphatic carbocycles. The molecule has 2 saturated heterocycles. The van der Waals surface area contributed by atoms with Gasteiger partial charge in [0.2, 0.25) is 12.5 Å². The third kappa shape index (κ3) is 2.96. The Labute approximate surface area is 169 Å². The molecular weight excluding hydrogens is 376 g/mol. The number of benzene rings is 2. The van der Waals surface area contributed by atoms with E-state index in [1.807, 2.05) is 30.3 Å². The first-order chi connectivity index (χ1) is 14.2. The zero-order valence-electron chi connectivity index (χ0n) is 16.7. The topological polar surface area (TPSA) is 64.6 Å². The highest BCUT2D eigenvalue weighted by Gasteiger charge is 2.48. The first-order valence-corrected chi connectivity index (χ1v) is 9.66. The van der Waals surface area contributed by atoms with E-state index in [2.05, 4.69) is 0 Å². The van der Waals surface area contributed by atoms with Crippen LogP contribution in [0.15, 0.2) is 30.3 Å². The summed E-state index contributed by atoms with van der Waals surface area (Å²) >= 11 is 0. The zero-order valence-corrected chi connectivity index (χ0v) is 16.7. The number of methoxy groups -OCH3 is 3. The van der Waals surface area contributed by atoms with Crippen LogP contribution in [0.25, 0.3) is 0 Å². The van der Waals surface area contributed by atoms with Crippen molar-refractivity contribution in [2.45, 2.75) is 12.2 Å². The maximum Gasteiger partial charge on any atom is 0.231 e. The molecule has 5 rings (SSSR count). The Morgan fingerprint density at radius 2 is 1.38 bits per heavy atom. The highest BCUT2D eigenvalue weighted by molar-refractivity contribution is 5.55. The summed E-state index contributed by atoms with van der Waals surface area (Å²) in [4.78, 5) is 0. The Morgan fingerprint density at radius 3 is 2.07 bits per heavy atom. The molecule has 2 fully saturated rings. The number of hydrogen-bond donors (Lipinski definition) is 0. The Morgan fingerprint density at radius 1 is 0.724 bits per heavy atom. The predicted octanol–water partition coefficient (Wildman–Crippen LogP) is 3.52. The molecule has 0 radical (unpaired) electrons. The van der Waals surface area contributed by atoms with Gasteiger partial charge in [-0.25, -0.2) is 0 Å².